The van der Waals surface area contributed by atoms with Gasteiger partial charge in [-0.05, 0) is 12.8 Å². The van der Waals surface area contributed by atoms with Gasteiger partial charge in [0, 0.05) is 19.4 Å². The van der Waals surface area contributed by atoms with Gasteiger partial charge in [-0.15, -0.1) is 0 Å². The predicted molar refractivity (Wildman–Crippen MR) is 123 cm³/mol. The van der Waals surface area contributed by atoms with Gasteiger partial charge >= 0.3 is 5.97 Å². The number of carbonyl (C=O) groups is 2. The standard InChI is InChI=1S/C25H49NO3/c1-2-3-4-5-6-7-8-9-10-11-12-13-14-15-16-17-18-19-21-24(27)26-23-20-22-25(28)29/h2-23H2,1H3,(H,26,27)(H,28,29). The molecule has 0 aromatic carbocycles. The molecule has 0 saturated carbocycles. The lowest BCUT2D eigenvalue weighted by Gasteiger charge is -2.05. The molecule has 2 N–H and O–H groups in total. The van der Waals surface area contributed by atoms with E-state index in [9.17, 15) is 9.59 Å². The molecule has 0 spiro atoms. The second-order valence-electron chi connectivity index (χ2n) is 8.61. The minimum absolute atomic E-state index is 0.0619. The predicted octanol–water partition coefficient (Wildman–Crippen LogP) is 7.40. The maximum atomic E-state index is 11.6. The van der Waals surface area contributed by atoms with Gasteiger partial charge in [-0.1, -0.05) is 116 Å². The van der Waals surface area contributed by atoms with Crippen molar-refractivity contribution in [3.8, 4) is 0 Å². The van der Waals surface area contributed by atoms with Gasteiger partial charge in [0.15, 0.2) is 0 Å². The van der Waals surface area contributed by atoms with Crippen LogP contribution < -0.4 is 5.32 Å². The smallest absolute Gasteiger partial charge is 0.303 e. The molecule has 4 nitrogen and oxygen atoms in total. The van der Waals surface area contributed by atoms with Crippen molar-refractivity contribution in [2.75, 3.05) is 6.54 Å². The first-order chi connectivity index (χ1) is 14.2. The number of hydrogen-bond acceptors (Lipinski definition) is 2. The lowest BCUT2D eigenvalue weighted by molar-refractivity contribution is -0.137. The average molecular weight is 412 g/mol. The second-order valence-corrected chi connectivity index (χ2v) is 8.61. The van der Waals surface area contributed by atoms with Crippen LogP contribution in [-0.2, 0) is 9.59 Å². The van der Waals surface area contributed by atoms with Gasteiger partial charge in [0.2, 0.25) is 5.91 Å². The zero-order chi connectivity index (χ0) is 21.4. The molecule has 0 rings (SSSR count). The Morgan fingerprint density at radius 3 is 1.31 bits per heavy atom. The fourth-order valence-electron chi connectivity index (χ4n) is 3.74. The number of nitrogens with one attached hydrogen (secondary N) is 1. The van der Waals surface area contributed by atoms with Crippen LogP contribution in [0.15, 0.2) is 0 Å². The van der Waals surface area contributed by atoms with E-state index in [1.165, 1.54) is 103 Å². The highest BCUT2D eigenvalue weighted by Crippen LogP contribution is 2.14. The highest BCUT2D eigenvalue weighted by Gasteiger charge is 2.02. The highest BCUT2D eigenvalue weighted by molar-refractivity contribution is 5.75. The van der Waals surface area contributed by atoms with Gasteiger partial charge in [0.25, 0.3) is 0 Å². The van der Waals surface area contributed by atoms with Crippen molar-refractivity contribution in [2.24, 2.45) is 0 Å². The highest BCUT2D eigenvalue weighted by atomic mass is 16.4. The van der Waals surface area contributed by atoms with E-state index in [1.54, 1.807) is 0 Å². The van der Waals surface area contributed by atoms with E-state index in [0.29, 0.717) is 19.4 Å². The molecule has 172 valence electrons. The minimum atomic E-state index is -0.803. The number of carboxylic acid groups (broad SMARTS) is 1. The normalized spacial score (nSPS) is 10.9. The fourth-order valence-corrected chi connectivity index (χ4v) is 3.74. The Balaban J connectivity index is 3.11. The number of aliphatic carboxylic acids is 1. The van der Waals surface area contributed by atoms with E-state index in [2.05, 4.69) is 12.2 Å². The Bertz CT molecular complexity index is 371. The van der Waals surface area contributed by atoms with Crippen LogP contribution >= 0.6 is 0 Å². The summed E-state index contributed by atoms with van der Waals surface area (Å²) in [5.74, 6) is -0.741. The first-order valence-electron chi connectivity index (χ1n) is 12.6. The van der Waals surface area contributed by atoms with Crippen LogP contribution in [0.5, 0.6) is 0 Å². The van der Waals surface area contributed by atoms with Gasteiger partial charge in [0.1, 0.15) is 0 Å². The van der Waals surface area contributed by atoms with Crippen molar-refractivity contribution in [1.82, 2.24) is 5.32 Å². The van der Waals surface area contributed by atoms with Crippen LogP contribution in [0.4, 0.5) is 0 Å². The summed E-state index contributed by atoms with van der Waals surface area (Å²) in [6.45, 7) is 2.75. The zero-order valence-corrected chi connectivity index (χ0v) is 19.3. The molecule has 0 heterocycles. The maximum absolute atomic E-state index is 11.6. The monoisotopic (exact) mass is 411 g/mol. The molecule has 0 aliphatic rings. The summed E-state index contributed by atoms with van der Waals surface area (Å²) in [5, 5.41) is 11.3. The van der Waals surface area contributed by atoms with Crippen LogP contribution in [0.1, 0.15) is 142 Å². The molecule has 4 heteroatoms. The van der Waals surface area contributed by atoms with Gasteiger partial charge in [-0.3, -0.25) is 9.59 Å². The first-order valence-corrected chi connectivity index (χ1v) is 12.6. The molecule has 0 aliphatic carbocycles. The number of unbranched alkanes of at least 4 members (excludes halogenated alkanes) is 17. The number of carbonyl (C=O) groups excluding carboxylic acids is 1. The molecule has 0 unspecified atom stereocenters. The quantitative estimate of drug-likeness (QED) is 0.172. The summed E-state index contributed by atoms with van der Waals surface area (Å²) in [5.41, 5.74) is 0. The molecule has 0 aromatic rings. The summed E-state index contributed by atoms with van der Waals surface area (Å²) in [7, 11) is 0. The molecule has 0 bridgehead atoms. The SMILES string of the molecule is CCCCCCCCCCCCCCCCCCCCC(=O)NCCCC(=O)O. The van der Waals surface area contributed by atoms with Crippen molar-refractivity contribution < 1.29 is 14.7 Å². The van der Waals surface area contributed by atoms with Crippen molar-refractivity contribution in [3.63, 3.8) is 0 Å². The first kappa shape index (κ1) is 27.9. The van der Waals surface area contributed by atoms with Crippen LogP contribution in [0.2, 0.25) is 0 Å². The third kappa shape index (κ3) is 24.9. The summed E-state index contributed by atoms with van der Waals surface area (Å²) in [6, 6.07) is 0. The second kappa shape index (κ2) is 23.2. The van der Waals surface area contributed by atoms with Gasteiger partial charge in [-0.25, -0.2) is 0 Å². The molecule has 0 saturated heterocycles. The maximum Gasteiger partial charge on any atom is 0.303 e. The number of hydrogen-bond donors (Lipinski definition) is 2. The zero-order valence-electron chi connectivity index (χ0n) is 19.3. The van der Waals surface area contributed by atoms with Crippen molar-refractivity contribution in [2.45, 2.75) is 142 Å². The van der Waals surface area contributed by atoms with Gasteiger partial charge in [-0.2, -0.15) is 0 Å². The molecule has 0 radical (unpaired) electrons. The van der Waals surface area contributed by atoms with Crippen LogP contribution in [-0.4, -0.2) is 23.5 Å². The summed E-state index contributed by atoms with van der Waals surface area (Å²) in [6.07, 6.45) is 25.5. The van der Waals surface area contributed by atoms with E-state index < -0.39 is 5.97 Å². The molecule has 1 amide bonds. The van der Waals surface area contributed by atoms with E-state index in [0.717, 1.165) is 12.8 Å². The Kier molecular flexibility index (Phi) is 22.4. The minimum Gasteiger partial charge on any atom is -0.481 e. The third-order valence-corrected chi connectivity index (χ3v) is 5.65. The summed E-state index contributed by atoms with van der Waals surface area (Å²) in [4.78, 5) is 22.0. The lowest BCUT2D eigenvalue weighted by Crippen LogP contribution is -2.24. The molecule has 0 aliphatic heterocycles. The molecular formula is C25H49NO3. The summed E-state index contributed by atoms with van der Waals surface area (Å²) < 4.78 is 0. The molecule has 29 heavy (non-hydrogen) atoms. The Morgan fingerprint density at radius 1 is 0.552 bits per heavy atom. The van der Waals surface area contributed by atoms with Gasteiger partial charge < -0.3 is 10.4 Å². The number of carboxylic acids is 1. The van der Waals surface area contributed by atoms with Crippen molar-refractivity contribution >= 4 is 11.9 Å². The topological polar surface area (TPSA) is 66.4 Å². The summed E-state index contributed by atoms with van der Waals surface area (Å²) >= 11 is 0. The fraction of sp³-hybridized carbons (Fsp3) is 0.920. The van der Waals surface area contributed by atoms with Crippen LogP contribution in [0.3, 0.4) is 0 Å². The molecule has 0 aromatic heterocycles. The van der Waals surface area contributed by atoms with Crippen LogP contribution in [0, 0.1) is 0 Å². The molecular weight excluding hydrogens is 362 g/mol. The van der Waals surface area contributed by atoms with Crippen molar-refractivity contribution in [3.05, 3.63) is 0 Å². The number of amides is 1. The van der Waals surface area contributed by atoms with Gasteiger partial charge in [0.05, 0.1) is 0 Å². The largest absolute Gasteiger partial charge is 0.481 e. The van der Waals surface area contributed by atoms with E-state index in [4.69, 9.17) is 5.11 Å². The third-order valence-electron chi connectivity index (χ3n) is 5.65. The molecule has 0 fully saturated rings. The van der Waals surface area contributed by atoms with E-state index >= 15 is 0 Å². The Labute approximate surface area is 180 Å². The lowest BCUT2D eigenvalue weighted by atomic mass is 10.0. The number of rotatable bonds is 23. The Hall–Kier alpha value is -1.06. The van der Waals surface area contributed by atoms with Crippen molar-refractivity contribution in [1.29, 1.82) is 0 Å². The van der Waals surface area contributed by atoms with E-state index in [1.807, 2.05) is 0 Å². The van der Waals surface area contributed by atoms with E-state index in [-0.39, 0.29) is 12.3 Å². The average Bonchev–Trinajstić information content (AvgIpc) is 2.70. The molecule has 0 atom stereocenters. The Morgan fingerprint density at radius 2 is 0.931 bits per heavy atom. The van der Waals surface area contributed by atoms with Crippen LogP contribution in [0.25, 0.3) is 0 Å².